The Hall–Kier alpha value is -2.46. The molecule has 292 valence electrons. The highest BCUT2D eigenvalue weighted by molar-refractivity contribution is 5.87. The average Bonchev–Trinajstić information content (AvgIpc) is 3.09. The first-order valence-electron chi connectivity index (χ1n) is 20.6. The monoisotopic (exact) mass is 707 g/mol. The average molecular weight is 707 g/mol. The van der Waals surface area contributed by atoms with Gasteiger partial charge >= 0.3 is 0 Å². The molecule has 10 heteroatoms. The Balaban J connectivity index is 3.96. The van der Waals surface area contributed by atoms with Crippen molar-refractivity contribution in [3.8, 4) is 0 Å². The van der Waals surface area contributed by atoms with E-state index in [1.165, 1.54) is 44.9 Å². The fourth-order valence-corrected chi connectivity index (χ4v) is 6.06. The van der Waals surface area contributed by atoms with E-state index in [0.717, 1.165) is 109 Å². The number of allylic oxidation sites excluding steroid dienone is 2. The predicted molar refractivity (Wildman–Crippen MR) is 208 cm³/mol. The van der Waals surface area contributed by atoms with Crippen LogP contribution in [0.15, 0.2) is 12.2 Å². The molecule has 0 radical (unpaired) electrons. The second kappa shape index (κ2) is 36.3. The number of primary amides is 1. The van der Waals surface area contributed by atoms with Crippen molar-refractivity contribution in [2.45, 2.75) is 199 Å². The smallest absolute Gasteiger partial charge is 0.242 e. The predicted octanol–water partition coefficient (Wildman–Crippen LogP) is 6.97. The van der Waals surface area contributed by atoms with E-state index >= 15 is 0 Å². The molecule has 50 heavy (non-hydrogen) atoms. The summed E-state index contributed by atoms with van der Waals surface area (Å²) in [6.07, 6.45) is 32.5. The maximum Gasteiger partial charge on any atom is 0.242 e. The van der Waals surface area contributed by atoms with Crippen LogP contribution >= 0.6 is 0 Å². The molecule has 0 aromatic carbocycles. The largest absolute Gasteiger partial charge is 0.368 e. The molecule has 9 N–H and O–H groups in total. The van der Waals surface area contributed by atoms with Crippen molar-refractivity contribution in [2.75, 3.05) is 19.6 Å². The minimum absolute atomic E-state index is 0.0297. The standard InChI is InChI=1S/C40H78N6O4/c1-2-3-4-5-6-7-8-9-10-12-15-19-22-31-38(48)46-36(29-24-26-33-42)40(50)44-34-27-20-17-14-11-13-16-18-21-30-37(47)45-35(39(43)49)28-23-25-32-41/h7-8,35-36H,2-6,9-34,41-42H2,1H3,(H2,43,49)(H,44,50)(H,45,47)(H,46,48)/b8-7+. The summed E-state index contributed by atoms with van der Waals surface area (Å²) in [7, 11) is 0. The van der Waals surface area contributed by atoms with Gasteiger partial charge in [-0.25, -0.2) is 0 Å². The molecule has 0 aromatic rings. The van der Waals surface area contributed by atoms with E-state index in [-0.39, 0.29) is 17.7 Å². The van der Waals surface area contributed by atoms with Crippen molar-refractivity contribution in [3.05, 3.63) is 12.2 Å². The van der Waals surface area contributed by atoms with Crippen LogP contribution < -0.4 is 33.2 Å². The molecule has 0 rings (SSSR count). The van der Waals surface area contributed by atoms with E-state index in [1.54, 1.807) is 0 Å². The first kappa shape index (κ1) is 47.5. The van der Waals surface area contributed by atoms with Gasteiger partial charge in [-0.15, -0.1) is 0 Å². The molecule has 0 heterocycles. The number of hydrogen-bond acceptors (Lipinski definition) is 6. The van der Waals surface area contributed by atoms with E-state index in [9.17, 15) is 19.2 Å². The summed E-state index contributed by atoms with van der Waals surface area (Å²) in [6.45, 7) is 4.02. The summed E-state index contributed by atoms with van der Waals surface area (Å²) >= 11 is 0. The van der Waals surface area contributed by atoms with E-state index in [0.29, 0.717) is 45.3 Å². The van der Waals surface area contributed by atoms with Gasteiger partial charge in [-0.2, -0.15) is 0 Å². The Labute approximate surface area is 306 Å². The van der Waals surface area contributed by atoms with Crippen molar-refractivity contribution in [2.24, 2.45) is 17.2 Å². The summed E-state index contributed by atoms with van der Waals surface area (Å²) in [6, 6.07) is -1.09. The molecule has 0 aromatic heterocycles. The Morgan fingerprint density at radius 3 is 1.42 bits per heavy atom. The quantitative estimate of drug-likeness (QED) is 0.0299. The molecule has 0 spiro atoms. The highest BCUT2D eigenvalue weighted by Gasteiger charge is 2.20. The molecule has 4 amide bonds. The Morgan fingerprint density at radius 2 is 0.940 bits per heavy atom. The van der Waals surface area contributed by atoms with Crippen molar-refractivity contribution >= 4 is 23.6 Å². The second-order valence-electron chi connectivity index (χ2n) is 14.1. The zero-order chi connectivity index (χ0) is 36.9. The maximum absolute atomic E-state index is 12.9. The Morgan fingerprint density at radius 1 is 0.520 bits per heavy atom. The van der Waals surface area contributed by atoms with Gasteiger partial charge in [0, 0.05) is 19.4 Å². The van der Waals surface area contributed by atoms with Crippen LogP contribution in [0.5, 0.6) is 0 Å². The number of carbonyl (C=O) groups excluding carboxylic acids is 4. The summed E-state index contributed by atoms with van der Waals surface area (Å²) in [4.78, 5) is 49.2. The number of carbonyl (C=O) groups is 4. The molecule has 10 nitrogen and oxygen atoms in total. The van der Waals surface area contributed by atoms with E-state index < -0.39 is 18.0 Å². The Bertz CT molecular complexity index is 869. The van der Waals surface area contributed by atoms with Gasteiger partial charge in [0.1, 0.15) is 12.1 Å². The molecular formula is C40H78N6O4. The normalized spacial score (nSPS) is 12.5. The van der Waals surface area contributed by atoms with E-state index in [4.69, 9.17) is 17.2 Å². The lowest BCUT2D eigenvalue weighted by Gasteiger charge is -2.18. The Kier molecular flexibility index (Phi) is 34.5. The molecular weight excluding hydrogens is 628 g/mol. The summed E-state index contributed by atoms with van der Waals surface area (Å²) in [5.41, 5.74) is 16.6. The topological polar surface area (TPSA) is 182 Å². The molecule has 0 aliphatic heterocycles. The van der Waals surface area contributed by atoms with Crippen molar-refractivity contribution < 1.29 is 19.2 Å². The van der Waals surface area contributed by atoms with Gasteiger partial charge < -0.3 is 33.2 Å². The number of nitrogens with one attached hydrogen (secondary N) is 3. The van der Waals surface area contributed by atoms with Crippen LogP contribution in [0.4, 0.5) is 0 Å². The summed E-state index contributed by atoms with van der Waals surface area (Å²) < 4.78 is 0. The van der Waals surface area contributed by atoms with Gasteiger partial charge in [-0.1, -0.05) is 103 Å². The van der Waals surface area contributed by atoms with Gasteiger partial charge in [0.15, 0.2) is 0 Å². The fraction of sp³-hybridized carbons (Fsp3) is 0.850. The van der Waals surface area contributed by atoms with Crippen molar-refractivity contribution in [1.82, 2.24) is 16.0 Å². The lowest BCUT2D eigenvalue weighted by atomic mass is 10.1. The number of nitrogens with two attached hydrogens (primary N) is 3. The minimum Gasteiger partial charge on any atom is -0.368 e. The molecule has 2 unspecified atom stereocenters. The molecule has 0 aliphatic rings. The zero-order valence-corrected chi connectivity index (χ0v) is 32.1. The van der Waals surface area contributed by atoms with Crippen LogP contribution in [0.3, 0.4) is 0 Å². The lowest BCUT2D eigenvalue weighted by Crippen LogP contribution is -2.47. The summed E-state index contributed by atoms with van der Waals surface area (Å²) in [5, 5.41) is 8.80. The first-order valence-corrected chi connectivity index (χ1v) is 20.6. The number of hydrogen-bond donors (Lipinski definition) is 6. The molecule has 0 bridgehead atoms. The van der Waals surface area contributed by atoms with Crippen molar-refractivity contribution in [1.29, 1.82) is 0 Å². The van der Waals surface area contributed by atoms with Crippen LogP contribution in [0.2, 0.25) is 0 Å². The highest BCUT2D eigenvalue weighted by atomic mass is 16.2. The number of unbranched alkanes of at least 4 members (excludes halogenated alkanes) is 19. The molecule has 0 saturated heterocycles. The highest BCUT2D eigenvalue weighted by Crippen LogP contribution is 2.12. The maximum atomic E-state index is 12.9. The summed E-state index contributed by atoms with van der Waals surface area (Å²) in [5.74, 6) is -0.712. The molecule has 2 atom stereocenters. The van der Waals surface area contributed by atoms with Crippen LogP contribution in [0.1, 0.15) is 187 Å². The molecule has 0 aliphatic carbocycles. The van der Waals surface area contributed by atoms with Gasteiger partial charge in [0.25, 0.3) is 0 Å². The third kappa shape index (κ3) is 31.5. The number of rotatable bonds is 37. The van der Waals surface area contributed by atoms with Crippen LogP contribution in [0, 0.1) is 0 Å². The second-order valence-corrected chi connectivity index (χ2v) is 14.1. The minimum atomic E-state index is -0.603. The fourth-order valence-electron chi connectivity index (χ4n) is 6.06. The van der Waals surface area contributed by atoms with Crippen LogP contribution in [-0.2, 0) is 19.2 Å². The first-order chi connectivity index (χ1) is 24.3. The van der Waals surface area contributed by atoms with Crippen LogP contribution in [0.25, 0.3) is 0 Å². The third-order valence-corrected chi connectivity index (χ3v) is 9.27. The zero-order valence-electron chi connectivity index (χ0n) is 32.1. The van der Waals surface area contributed by atoms with Gasteiger partial charge in [0.05, 0.1) is 0 Å². The van der Waals surface area contributed by atoms with Gasteiger partial charge in [-0.05, 0) is 96.6 Å². The van der Waals surface area contributed by atoms with E-state index in [1.807, 2.05) is 0 Å². The molecule has 0 saturated carbocycles. The van der Waals surface area contributed by atoms with Gasteiger partial charge in [-0.3, -0.25) is 19.2 Å². The lowest BCUT2D eigenvalue weighted by molar-refractivity contribution is -0.129. The van der Waals surface area contributed by atoms with Gasteiger partial charge in [0.2, 0.25) is 23.6 Å². The van der Waals surface area contributed by atoms with Crippen molar-refractivity contribution in [3.63, 3.8) is 0 Å². The molecule has 0 fully saturated rings. The SMILES string of the molecule is CCCCCC/C=C/CCCCCCCC(=O)NC(CCCCN)C(=O)NCCCCCCCCCCCC(=O)NC(CCCCN)C(N)=O. The van der Waals surface area contributed by atoms with Crippen LogP contribution in [-0.4, -0.2) is 55.3 Å². The number of amides is 4. The van der Waals surface area contributed by atoms with E-state index in [2.05, 4.69) is 35.0 Å². The third-order valence-electron chi connectivity index (χ3n) is 9.27.